The average Bonchev–Trinajstić information content (AvgIpc) is 3.23. The molecule has 3 rings (SSSR count). The lowest BCUT2D eigenvalue weighted by Gasteiger charge is -2.32. The van der Waals surface area contributed by atoms with Crippen LogP contribution < -0.4 is 5.32 Å². The van der Waals surface area contributed by atoms with Crippen LogP contribution in [0.3, 0.4) is 0 Å². The summed E-state index contributed by atoms with van der Waals surface area (Å²) in [5, 5.41) is 3.48. The summed E-state index contributed by atoms with van der Waals surface area (Å²) in [4.78, 5) is 78.3. The third kappa shape index (κ3) is 5.85. The minimum atomic E-state index is -1.02. The van der Waals surface area contributed by atoms with Crippen molar-refractivity contribution in [3.8, 4) is 0 Å². The fraction of sp³-hybridized carbons (Fsp3) is 0.652. The highest BCUT2D eigenvalue weighted by Gasteiger charge is 2.39. The molecule has 2 aliphatic heterocycles. The summed E-state index contributed by atoms with van der Waals surface area (Å²) in [5.74, 6) is -2.41. The predicted molar refractivity (Wildman–Crippen MR) is 114 cm³/mol. The highest BCUT2D eigenvalue weighted by Crippen LogP contribution is 2.31. The summed E-state index contributed by atoms with van der Waals surface area (Å²) in [6, 6.07) is -0.325. The fourth-order valence-corrected chi connectivity index (χ4v) is 4.60. The molecule has 0 radical (unpaired) electrons. The van der Waals surface area contributed by atoms with E-state index in [2.05, 4.69) is 5.32 Å². The van der Waals surface area contributed by atoms with Gasteiger partial charge in [0.2, 0.25) is 5.91 Å². The molecule has 1 unspecified atom stereocenters. The van der Waals surface area contributed by atoms with Crippen molar-refractivity contribution in [1.29, 1.82) is 0 Å². The maximum atomic E-state index is 12.7. The Morgan fingerprint density at radius 2 is 1.58 bits per heavy atom. The van der Waals surface area contributed by atoms with E-state index in [1.807, 2.05) is 0 Å². The topological polar surface area (TPSA) is 130 Å². The molecular weight excluding hydrogens is 430 g/mol. The molecule has 0 aromatic heterocycles. The van der Waals surface area contributed by atoms with Gasteiger partial charge in [-0.15, -0.1) is 5.06 Å². The van der Waals surface area contributed by atoms with Crippen molar-refractivity contribution >= 4 is 35.5 Å². The number of carbonyl (C=O) groups excluding carboxylic acids is 6. The van der Waals surface area contributed by atoms with E-state index in [9.17, 15) is 28.8 Å². The predicted octanol–water partition coefficient (Wildman–Crippen LogP) is 1.25. The largest absolute Gasteiger partial charge is 0.353 e. The lowest BCUT2D eigenvalue weighted by molar-refractivity contribution is -0.204. The van der Waals surface area contributed by atoms with Gasteiger partial charge in [0.15, 0.2) is 0 Å². The second kappa shape index (κ2) is 9.84. The Morgan fingerprint density at radius 1 is 1.03 bits per heavy atom. The van der Waals surface area contributed by atoms with Gasteiger partial charge in [0.05, 0.1) is 5.41 Å². The van der Waals surface area contributed by atoms with Crippen molar-refractivity contribution in [2.75, 3.05) is 6.54 Å². The van der Waals surface area contributed by atoms with E-state index in [-0.39, 0.29) is 54.9 Å². The van der Waals surface area contributed by atoms with E-state index >= 15 is 0 Å². The highest BCUT2D eigenvalue weighted by atomic mass is 16.7. The van der Waals surface area contributed by atoms with Gasteiger partial charge in [0.1, 0.15) is 0 Å². The molecule has 10 nitrogen and oxygen atoms in total. The third-order valence-electron chi connectivity index (χ3n) is 6.50. The molecule has 1 atom stereocenters. The van der Waals surface area contributed by atoms with E-state index in [1.54, 1.807) is 20.8 Å². The number of hydrogen-bond acceptors (Lipinski definition) is 7. The van der Waals surface area contributed by atoms with Gasteiger partial charge in [-0.05, 0) is 58.8 Å². The molecule has 1 saturated heterocycles. The molecule has 5 amide bonds. The van der Waals surface area contributed by atoms with Crippen LogP contribution in [0.15, 0.2) is 12.2 Å². The van der Waals surface area contributed by atoms with Gasteiger partial charge in [0.25, 0.3) is 23.6 Å². The van der Waals surface area contributed by atoms with Gasteiger partial charge < -0.3 is 10.2 Å². The Labute approximate surface area is 192 Å². The van der Waals surface area contributed by atoms with E-state index in [1.165, 1.54) is 17.1 Å². The Morgan fingerprint density at radius 3 is 2.12 bits per heavy atom. The van der Waals surface area contributed by atoms with Crippen LogP contribution in [0, 0.1) is 17.3 Å². The van der Waals surface area contributed by atoms with E-state index < -0.39 is 23.2 Å². The third-order valence-corrected chi connectivity index (χ3v) is 6.50. The SMILES string of the molecule is CC(CC(C)(C)C(=O)ON1C(=O)CCC1=O)NC(=O)C1CCC(CN2C(=O)C=CC2=O)CC1. The maximum Gasteiger partial charge on any atom is 0.338 e. The average molecular weight is 462 g/mol. The molecular formula is C23H31N3O7. The van der Waals surface area contributed by atoms with Gasteiger partial charge in [-0.2, -0.15) is 0 Å². The molecule has 1 saturated carbocycles. The van der Waals surface area contributed by atoms with Crippen LogP contribution in [0.25, 0.3) is 0 Å². The first-order valence-electron chi connectivity index (χ1n) is 11.4. The van der Waals surface area contributed by atoms with Crippen molar-refractivity contribution in [2.24, 2.45) is 17.3 Å². The summed E-state index contributed by atoms with van der Waals surface area (Å²) in [5.41, 5.74) is -1.02. The fourth-order valence-electron chi connectivity index (χ4n) is 4.60. The minimum absolute atomic E-state index is 0.0305. The Kier molecular flexibility index (Phi) is 7.34. The molecule has 0 bridgehead atoms. The molecule has 33 heavy (non-hydrogen) atoms. The van der Waals surface area contributed by atoms with Crippen LogP contribution in [0.1, 0.15) is 65.7 Å². The summed E-state index contributed by atoms with van der Waals surface area (Å²) in [6.45, 7) is 5.46. The van der Waals surface area contributed by atoms with Gasteiger partial charge in [-0.25, -0.2) is 4.79 Å². The highest BCUT2D eigenvalue weighted by molar-refractivity contribution is 6.12. The lowest BCUT2D eigenvalue weighted by atomic mass is 9.81. The van der Waals surface area contributed by atoms with Crippen molar-refractivity contribution in [1.82, 2.24) is 15.3 Å². The number of imide groups is 2. The Hall–Kier alpha value is -3.04. The molecule has 180 valence electrons. The summed E-state index contributed by atoms with van der Waals surface area (Å²) in [7, 11) is 0. The van der Waals surface area contributed by atoms with Crippen molar-refractivity contribution in [2.45, 2.75) is 71.8 Å². The molecule has 0 spiro atoms. The normalized spacial score (nSPS) is 24.5. The first-order chi connectivity index (χ1) is 15.5. The zero-order valence-electron chi connectivity index (χ0n) is 19.3. The van der Waals surface area contributed by atoms with Crippen molar-refractivity contribution in [3.05, 3.63) is 12.2 Å². The summed E-state index contributed by atoms with van der Waals surface area (Å²) < 4.78 is 0. The zero-order chi connectivity index (χ0) is 24.3. The second-order valence-corrected chi connectivity index (χ2v) is 9.80. The first kappa shape index (κ1) is 24.6. The van der Waals surface area contributed by atoms with Crippen LogP contribution in [-0.4, -0.2) is 58.1 Å². The first-order valence-corrected chi connectivity index (χ1v) is 11.4. The van der Waals surface area contributed by atoms with E-state index in [4.69, 9.17) is 4.84 Å². The summed E-state index contributed by atoms with van der Waals surface area (Å²) in [6.07, 6.45) is 5.72. The van der Waals surface area contributed by atoms with Crippen LogP contribution in [-0.2, 0) is 33.6 Å². The second-order valence-electron chi connectivity index (χ2n) is 9.80. The van der Waals surface area contributed by atoms with Gasteiger partial charge in [0, 0.05) is 43.5 Å². The maximum absolute atomic E-state index is 12.7. The standard InChI is InChI=1S/C23H31N3O7/c1-14(12-23(2,3)22(32)33-26-19(29)10-11-20(26)30)24-21(31)16-6-4-15(5-7-16)13-25-17(27)8-9-18(25)28/h8-9,14-16H,4-7,10-13H2,1-3H3,(H,24,31). The van der Waals surface area contributed by atoms with E-state index in [0.29, 0.717) is 24.4 Å². The Bertz CT molecular complexity index is 852. The Balaban J connectivity index is 1.43. The lowest BCUT2D eigenvalue weighted by Crippen LogP contribution is -2.44. The number of hydroxylamine groups is 2. The zero-order valence-corrected chi connectivity index (χ0v) is 19.3. The summed E-state index contributed by atoms with van der Waals surface area (Å²) >= 11 is 0. The van der Waals surface area contributed by atoms with Crippen LogP contribution in [0.2, 0.25) is 0 Å². The van der Waals surface area contributed by atoms with Crippen molar-refractivity contribution in [3.63, 3.8) is 0 Å². The minimum Gasteiger partial charge on any atom is -0.353 e. The molecule has 3 aliphatic rings. The van der Waals surface area contributed by atoms with Crippen LogP contribution in [0.5, 0.6) is 0 Å². The van der Waals surface area contributed by atoms with Crippen LogP contribution in [0.4, 0.5) is 0 Å². The smallest absolute Gasteiger partial charge is 0.338 e. The molecule has 0 aromatic carbocycles. The quantitative estimate of drug-likeness (QED) is 0.538. The van der Waals surface area contributed by atoms with E-state index in [0.717, 1.165) is 12.8 Å². The molecule has 1 aliphatic carbocycles. The molecule has 2 heterocycles. The van der Waals surface area contributed by atoms with Gasteiger partial charge >= 0.3 is 5.97 Å². The molecule has 1 N–H and O–H groups in total. The number of carbonyl (C=O) groups is 6. The molecule has 0 aromatic rings. The van der Waals surface area contributed by atoms with Crippen molar-refractivity contribution < 1.29 is 33.6 Å². The monoisotopic (exact) mass is 461 g/mol. The number of rotatable bonds is 8. The molecule has 2 fully saturated rings. The van der Waals surface area contributed by atoms with Crippen LogP contribution >= 0.6 is 0 Å². The number of nitrogens with one attached hydrogen (secondary N) is 1. The number of amides is 5. The molecule has 10 heteroatoms. The number of hydrogen-bond donors (Lipinski definition) is 1. The van der Waals surface area contributed by atoms with Gasteiger partial charge in [-0.3, -0.25) is 28.9 Å². The van der Waals surface area contributed by atoms with Gasteiger partial charge in [-0.1, -0.05) is 0 Å². The number of nitrogens with zero attached hydrogens (tertiary/aromatic N) is 2.